The van der Waals surface area contributed by atoms with Gasteiger partial charge in [0.25, 0.3) is 0 Å². The molecule has 0 aliphatic heterocycles. The van der Waals surface area contributed by atoms with Crippen LogP contribution in [0.2, 0.25) is 0 Å². The lowest BCUT2D eigenvalue weighted by Crippen LogP contribution is -1.97. The Morgan fingerprint density at radius 3 is 1.72 bits per heavy atom. The van der Waals surface area contributed by atoms with Crippen LogP contribution in [0.4, 0.5) is 0 Å². The van der Waals surface area contributed by atoms with Gasteiger partial charge >= 0.3 is 0 Å². The number of benzene rings is 1. The minimum atomic E-state index is 0.313. The summed E-state index contributed by atoms with van der Waals surface area (Å²) >= 11 is 0. The van der Waals surface area contributed by atoms with Crippen molar-refractivity contribution in [3.05, 3.63) is 23.3 Å². The normalized spacial score (nSPS) is 18.7. The summed E-state index contributed by atoms with van der Waals surface area (Å²) in [5.74, 6) is 0.754. The third-order valence-electron chi connectivity index (χ3n) is 7.94. The Bertz CT molecular complexity index is 640. The van der Waals surface area contributed by atoms with Crippen molar-refractivity contribution in [1.82, 2.24) is 0 Å². The van der Waals surface area contributed by atoms with Crippen LogP contribution in [0.3, 0.4) is 0 Å². The lowest BCUT2D eigenvalue weighted by atomic mass is 9.94. The van der Waals surface area contributed by atoms with Crippen molar-refractivity contribution in [2.45, 2.75) is 123 Å². The molecule has 2 nitrogen and oxygen atoms in total. The van der Waals surface area contributed by atoms with E-state index in [1.54, 1.807) is 12.1 Å². The Morgan fingerprint density at radius 2 is 1.24 bits per heavy atom. The van der Waals surface area contributed by atoms with E-state index >= 15 is 0 Å². The van der Waals surface area contributed by atoms with Crippen LogP contribution in [0.15, 0.2) is 12.1 Å². The molecule has 1 aromatic rings. The Kier molecular flexibility index (Phi) is 7.93. The van der Waals surface area contributed by atoms with E-state index in [4.69, 9.17) is 0 Å². The second-order valence-electron chi connectivity index (χ2n) is 10.6. The third kappa shape index (κ3) is 7.23. The number of rotatable bonds is 15. The molecule has 2 heteroatoms. The van der Waals surface area contributed by atoms with Gasteiger partial charge in [0.1, 0.15) is 11.5 Å². The molecule has 164 valence electrons. The van der Waals surface area contributed by atoms with Crippen LogP contribution in [-0.2, 0) is 12.8 Å². The van der Waals surface area contributed by atoms with Crippen LogP contribution in [0.5, 0.6) is 11.5 Å². The number of hydrogen-bond acceptors (Lipinski definition) is 2. The van der Waals surface area contributed by atoms with E-state index < -0.39 is 0 Å². The predicted octanol–water partition coefficient (Wildman–Crippen LogP) is 8.07. The van der Waals surface area contributed by atoms with Gasteiger partial charge in [0, 0.05) is 0 Å². The third-order valence-corrected chi connectivity index (χ3v) is 7.94. The first kappa shape index (κ1) is 22.5. The molecule has 2 aliphatic carbocycles. The highest BCUT2D eigenvalue weighted by atomic mass is 16.3. The van der Waals surface area contributed by atoms with E-state index in [2.05, 4.69) is 13.8 Å². The number of hydrogen-bond donors (Lipinski definition) is 2. The summed E-state index contributed by atoms with van der Waals surface area (Å²) in [4.78, 5) is 0. The van der Waals surface area contributed by atoms with Gasteiger partial charge in [0.2, 0.25) is 0 Å². The summed E-state index contributed by atoms with van der Waals surface area (Å²) in [5, 5.41) is 20.8. The van der Waals surface area contributed by atoms with Crippen LogP contribution in [-0.4, -0.2) is 10.2 Å². The SMILES string of the molecule is CCC1(CCCCCCc2cc(O)cc(CCCCCCC3(C)CC3)c2O)CC1. The molecule has 3 rings (SSSR count). The van der Waals surface area contributed by atoms with E-state index in [1.807, 2.05) is 0 Å². The summed E-state index contributed by atoms with van der Waals surface area (Å²) in [6.45, 7) is 4.75. The van der Waals surface area contributed by atoms with Crippen LogP contribution in [0, 0.1) is 10.8 Å². The fourth-order valence-electron chi connectivity index (χ4n) is 4.93. The van der Waals surface area contributed by atoms with E-state index in [0.717, 1.165) is 36.8 Å². The van der Waals surface area contributed by atoms with Crippen LogP contribution in [0.25, 0.3) is 0 Å². The Balaban J connectivity index is 1.32. The Labute approximate surface area is 179 Å². The molecular weight excluding hydrogens is 356 g/mol. The maximum absolute atomic E-state index is 10.7. The Morgan fingerprint density at radius 1 is 0.724 bits per heavy atom. The van der Waals surface area contributed by atoms with Gasteiger partial charge in [0.05, 0.1) is 0 Å². The molecule has 0 spiro atoms. The van der Waals surface area contributed by atoms with E-state index in [9.17, 15) is 10.2 Å². The fraction of sp³-hybridized carbons (Fsp3) is 0.778. The minimum absolute atomic E-state index is 0.313. The molecular formula is C27H44O2. The summed E-state index contributed by atoms with van der Waals surface area (Å²) in [6.07, 6.45) is 21.6. The first-order valence-corrected chi connectivity index (χ1v) is 12.5. The van der Waals surface area contributed by atoms with Crippen molar-refractivity contribution in [1.29, 1.82) is 0 Å². The molecule has 0 heterocycles. The largest absolute Gasteiger partial charge is 0.508 e. The molecule has 0 unspecified atom stereocenters. The summed E-state index contributed by atoms with van der Waals surface area (Å²) in [7, 11) is 0. The Hall–Kier alpha value is -1.18. The quantitative estimate of drug-likeness (QED) is 0.231. The van der Waals surface area contributed by atoms with Gasteiger partial charge < -0.3 is 10.2 Å². The highest BCUT2D eigenvalue weighted by Gasteiger charge is 2.39. The zero-order valence-corrected chi connectivity index (χ0v) is 19.1. The number of aryl methyl sites for hydroxylation is 2. The monoisotopic (exact) mass is 400 g/mol. The molecule has 0 saturated heterocycles. The molecule has 2 N–H and O–H groups in total. The summed E-state index contributed by atoms with van der Waals surface area (Å²) in [6, 6.07) is 3.54. The average molecular weight is 401 g/mol. The van der Waals surface area contributed by atoms with Crippen molar-refractivity contribution < 1.29 is 10.2 Å². The first-order valence-electron chi connectivity index (χ1n) is 12.5. The van der Waals surface area contributed by atoms with Gasteiger partial charge in [-0.1, -0.05) is 58.8 Å². The van der Waals surface area contributed by atoms with Gasteiger partial charge in [-0.05, 0) is 98.3 Å². The molecule has 0 amide bonds. The molecule has 0 radical (unpaired) electrons. The number of phenolic OH excluding ortho intramolecular Hbond substituents is 2. The summed E-state index contributed by atoms with van der Waals surface area (Å²) < 4.78 is 0. The van der Waals surface area contributed by atoms with Gasteiger partial charge in [-0.3, -0.25) is 0 Å². The number of phenols is 2. The maximum atomic E-state index is 10.7. The van der Waals surface area contributed by atoms with Crippen molar-refractivity contribution in [3.8, 4) is 11.5 Å². The molecule has 2 fully saturated rings. The van der Waals surface area contributed by atoms with Gasteiger partial charge in [-0.25, -0.2) is 0 Å². The van der Waals surface area contributed by atoms with Gasteiger partial charge in [0.15, 0.2) is 0 Å². The first-order chi connectivity index (χ1) is 14.0. The smallest absolute Gasteiger partial charge is 0.122 e. The highest BCUT2D eigenvalue weighted by molar-refractivity contribution is 5.46. The molecule has 1 aromatic carbocycles. The van der Waals surface area contributed by atoms with E-state index in [1.165, 1.54) is 83.5 Å². The molecule has 2 saturated carbocycles. The van der Waals surface area contributed by atoms with Gasteiger partial charge in [-0.2, -0.15) is 0 Å². The summed E-state index contributed by atoms with van der Waals surface area (Å²) in [5.41, 5.74) is 3.27. The zero-order valence-electron chi connectivity index (χ0n) is 19.1. The minimum Gasteiger partial charge on any atom is -0.508 e. The molecule has 29 heavy (non-hydrogen) atoms. The zero-order chi connectivity index (χ0) is 20.7. The van der Waals surface area contributed by atoms with Crippen molar-refractivity contribution >= 4 is 0 Å². The maximum Gasteiger partial charge on any atom is 0.122 e. The van der Waals surface area contributed by atoms with Crippen molar-refractivity contribution in [2.75, 3.05) is 0 Å². The van der Waals surface area contributed by atoms with Crippen LogP contribution < -0.4 is 0 Å². The lowest BCUT2D eigenvalue weighted by Gasteiger charge is -2.13. The van der Waals surface area contributed by atoms with Crippen molar-refractivity contribution in [3.63, 3.8) is 0 Å². The number of unbranched alkanes of at least 4 members (excludes halogenated alkanes) is 6. The standard InChI is InChI=1S/C27H44O2/c1-3-27(18-19-27)15-11-7-5-9-13-23-21-24(28)20-22(25(23)29)12-8-4-6-10-14-26(2)16-17-26/h20-21,28-29H,3-19H2,1-2H3. The fourth-order valence-corrected chi connectivity index (χ4v) is 4.93. The van der Waals surface area contributed by atoms with Crippen LogP contribution >= 0.6 is 0 Å². The molecule has 0 aromatic heterocycles. The van der Waals surface area contributed by atoms with E-state index in [0.29, 0.717) is 22.3 Å². The average Bonchev–Trinajstić information content (AvgIpc) is 3.62. The number of aromatic hydroxyl groups is 2. The molecule has 0 atom stereocenters. The predicted molar refractivity (Wildman–Crippen MR) is 123 cm³/mol. The topological polar surface area (TPSA) is 40.5 Å². The lowest BCUT2D eigenvalue weighted by molar-refractivity contribution is 0.419. The van der Waals surface area contributed by atoms with Crippen molar-refractivity contribution in [2.24, 2.45) is 10.8 Å². The van der Waals surface area contributed by atoms with E-state index in [-0.39, 0.29) is 0 Å². The van der Waals surface area contributed by atoms with Gasteiger partial charge in [-0.15, -0.1) is 0 Å². The molecule has 2 aliphatic rings. The second kappa shape index (κ2) is 10.2. The van der Waals surface area contributed by atoms with Crippen LogP contribution in [0.1, 0.15) is 121 Å². The highest BCUT2D eigenvalue weighted by Crippen LogP contribution is 2.52. The molecule has 0 bridgehead atoms. The second-order valence-corrected chi connectivity index (χ2v) is 10.6.